The number of carbonyl (C=O) groups excluding carboxylic acids is 3. The highest BCUT2D eigenvalue weighted by Gasteiger charge is 2.15. The Kier molecular flexibility index (Phi) is 8.24. The Morgan fingerprint density at radius 3 is 2.38 bits per heavy atom. The molecule has 0 atom stereocenters. The Hall–Kier alpha value is -3.88. The number of amides is 2. The number of rotatable bonds is 6. The number of anilines is 1. The number of carbonyl (C=O) groups is 3. The highest BCUT2D eigenvalue weighted by atomic mass is 35.5. The number of hydrogen-bond donors (Lipinski definition) is 2. The first-order chi connectivity index (χ1) is 16.3. The third-order valence-corrected chi connectivity index (χ3v) is 5.26. The monoisotopic (exact) mass is 499 g/mol. The van der Waals surface area contributed by atoms with E-state index in [-0.39, 0.29) is 22.1 Å². The van der Waals surface area contributed by atoms with Gasteiger partial charge >= 0.3 is 17.8 Å². The fourth-order valence-corrected chi connectivity index (χ4v) is 3.04. The molecule has 174 valence electrons. The van der Waals surface area contributed by atoms with Crippen LogP contribution in [-0.4, -0.2) is 31.1 Å². The third-order valence-electron chi connectivity index (χ3n) is 4.52. The zero-order chi connectivity index (χ0) is 24.7. The van der Waals surface area contributed by atoms with E-state index >= 15 is 0 Å². The summed E-state index contributed by atoms with van der Waals surface area (Å²) in [6.45, 7) is 1.81. The molecule has 0 heterocycles. The molecule has 0 aliphatic rings. The lowest BCUT2D eigenvalue weighted by molar-refractivity contribution is -0.136. The molecule has 0 fully saturated rings. The highest BCUT2D eigenvalue weighted by molar-refractivity contribution is 6.42. The second-order valence-corrected chi connectivity index (χ2v) is 7.71. The maximum atomic E-state index is 12.4. The van der Waals surface area contributed by atoms with Gasteiger partial charge in [-0.1, -0.05) is 41.4 Å². The van der Waals surface area contributed by atoms with Gasteiger partial charge in [0.05, 0.1) is 28.9 Å². The molecule has 34 heavy (non-hydrogen) atoms. The molecule has 0 saturated heterocycles. The minimum absolute atomic E-state index is 0.164. The van der Waals surface area contributed by atoms with E-state index in [9.17, 15) is 14.4 Å². The number of esters is 1. The van der Waals surface area contributed by atoms with Crippen LogP contribution >= 0.6 is 23.2 Å². The number of nitrogens with zero attached hydrogens (tertiary/aromatic N) is 1. The summed E-state index contributed by atoms with van der Waals surface area (Å²) in [5.74, 6) is -2.02. The minimum Gasteiger partial charge on any atom is -0.493 e. The van der Waals surface area contributed by atoms with Gasteiger partial charge in [-0.15, -0.1) is 0 Å². The van der Waals surface area contributed by atoms with E-state index in [1.165, 1.54) is 37.6 Å². The van der Waals surface area contributed by atoms with Crippen molar-refractivity contribution in [3.8, 4) is 11.5 Å². The molecule has 8 nitrogen and oxygen atoms in total. The van der Waals surface area contributed by atoms with Gasteiger partial charge in [0.15, 0.2) is 11.5 Å². The molecular weight excluding hydrogens is 481 g/mol. The van der Waals surface area contributed by atoms with Crippen LogP contribution in [0.3, 0.4) is 0 Å². The summed E-state index contributed by atoms with van der Waals surface area (Å²) in [7, 11) is 1.41. The molecule has 0 aliphatic carbocycles. The number of ether oxygens (including phenoxy) is 2. The van der Waals surface area contributed by atoms with Crippen molar-refractivity contribution in [3.05, 3.63) is 87.4 Å². The van der Waals surface area contributed by atoms with Crippen LogP contribution in [0.25, 0.3) is 0 Å². The summed E-state index contributed by atoms with van der Waals surface area (Å²) in [5.41, 5.74) is 4.24. The van der Waals surface area contributed by atoms with Crippen LogP contribution in [0.2, 0.25) is 10.0 Å². The molecule has 0 unspecified atom stereocenters. The van der Waals surface area contributed by atoms with Crippen molar-refractivity contribution in [2.45, 2.75) is 6.92 Å². The average molecular weight is 500 g/mol. The Morgan fingerprint density at radius 2 is 1.68 bits per heavy atom. The van der Waals surface area contributed by atoms with Crippen molar-refractivity contribution >= 4 is 52.9 Å². The predicted molar refractivity (Wildman–Crippen MR) is 130 cm³/mol. The summed E-state index contributed by atoms with van der Waals surface area (Å²) in [5, 5.41) is 6.84. The fraction of sp³-hybridized carbons (Fsp3) is 0.0833. The van der Waals surface area contributed by atoms with Crippen molar-refractivity contribution in [1.82, 2.24) is 5.43 Å². The lowest BCUT2D eigenvalue weighted by atomic mass is 10.2. The number of hydrazone groups is 1. The van der Waals surface area contributed by atoms with Gasteiger partial charge in [0.25, 0.3) is 0 Å². The van der Waals surface area contributed by atoms with E-state index in [1.807, 2.05) is 19.1 Å². The summed E-state index contributed by atoms with van der Waals surface area (Å²) < 4.78 is 10.7. The lowest BCUT2D eigenvalue weighted by Crippen LogP contribution is -2.32. The van der Waals surface area contributed by atoms with E-state index in [0.29, 0.717) is 16.3 Å². The first-order valence-corrected chi connectivity index (χ1v) is 10.6. The Balaban J connectivity index is 1.62. The molecule has 0 aromatic heterocycles. The third kappa shape index (κ3) is 6.34. The van der Waals surface area contributed by atoms with Crippen LogP contribution in [0.15, 0.2) is 65.8 Å². The van der Waals surface area contributed by atoms with Gasteiger partial charge in [0.2, 0.25) is 0 Å². The quantitative estimate of drug-likeness (QED) is 0.169. The number of methoxy groups -OCH3 is 1. The number of halogens is 2. The van der Waals surface area contributed by atoms with Crippen LogP contribution < -0.4 is 20.2 Å². The molecule has 0 radical (unpaired) electrons. The Morgan fingerprint density at radius 1 is 0.912 bits per heavy atom. The molecular formula is C24H19Cl2N3O5. The van der Waals surface area contributed by atoms with Crippen LogP contribution in [0.5, 0.6) is 11.5 Å². The van der Waals surface area contributed by atoms with Gasteiger partial charge in [0.1, 0.15) is 0 Å². The van der Waals surface area contributed by atoms with E-state index < -0.39 is 17.8 Å². The molecule has 0 saturated carbocycles. The molecule has 2 N–H and O–H groups in total. The fourth-order valence-electron chi connectivity index (χ4n) is 2.74. The van der Waals surface area contributed by atoms with Gasteiger partial charge in [0, 0.05) is 5.69 Å². The summed E-state index contributed by atoms with van der Waals surface area (Å²) in [6.07, 6.45) is 1.31. The zero-order valence-electron chi connectivity index (χ0n) is 18.1. The summed E-state index contributed by atoms with van der Waals surface area (Å²) in [6, 6.07) is 16.1. The Bertz CT molecular complexity index is 1280. The topological polar surface area (TPSA) is 106 Å². The average Bonchev–Trinajstić information content (AvgIpc) is 2.82. The second kappa shape index (κ2) is 11.3. The molecule has 3 aromatic carbocycles. The molecule has 3 aromatic rings. The van der Waals surface area contributed by atoms with Crippen molar-refractivity contribution in [3.63, 3.8) is 0 Å². The standard InChI is InChI=1S/C24H19Cl2N3O5/c1-14-5-3-4-6-19(14)28-22(30)23(31)29-27-13-15-7-10-20(21(11-15)33-2)34-24(32)16-8-9-17(25)18(26)12-16/h3-13H,1-2H3,(H,28,30)(H,29,31). The van der Waals surface area contributed by atoms with E-state index in [2.05, 4.69) is 15.8 Å². The Labute approximate surface area is 205 Å². The molecule has 10 heteroatoms. The van der Waals surface area contributed by atoms with E-state index in [0.717, 1.165) is 5.56 Å². The molecule has 3 rings (SSSR count). The first kappa shape index (κ1) is 24.8. The largest absolute Gasteiger partial charge is 0.493 e. The van der Waals surface area contributed by atoms with Gasteiger partial charge in [-0.25, -0.2) is 10.2 Å². The normalized spacial score (nSPS) is 10.6. The SMILES string of the molecule is COc1cc(C=NNC(=O)C(=O)Nc2ccccc2C)ccc1OC(=O)c1ccc(Cl)c(Cl)c1. The lowest BCUT2D eigenvalue weighted by Gasteiger charge is -2.10. The molecule has 0 bridgehead atoms. The smallest absolute Gasteiger partial charge is 0.343 e. The number of hydrogen-bond acceptors (Lipinski definition) is 6. The van der Waals surface area contributed by atoms with E-state index in [1.54, 1.807) is 24.3 Å². The molecule has 0 aliphatic heterocycles. The van der Waals surface area contributed by atoms with Gasteiger partial charge < -0.3 is 14.8 Å². The number of aryl methyl sites for hydroxylation is 1. The second-order valence-electron chi connectivity index (χ2n) is 6.90. The number of para-hydroxylation sites is 1. The van der Waals surface area contributed by atoms with Crippen molar-refractivity contribution in [2.24, 2.45) is 5.10 Å². The van der Waals surface area contributed by atoms with Crippen molar-refractivity contribution in [2.75, 3.05) is 12.4 Å². The number of nitrogens with one attached hydrogen (secondary N) is 2. The highest BCUT2D eigenvalue weighted by Crippen LogP contribution is 2.29. The first-order valence-electron chi connectivity index (χ1n) is 9.83. The van der Waals surface area contributed by atoms with Crippen LogP contribution in [0.1, 0.15) is 21.5 Å². The molecule has 2 amide bonds. The van der Waals surface area contributed by atoms with Crippen LogP contribution in [0.4, 0.5) is 5.69 Å². The van der Waals surface area contributed by atoms with Crippen molar-refractivity contribution in [1.29, 1.82) is 0 Å². The summed E-state index contributed by atoms with van der Waals surface area (Å²) in [4.78, 5) is 36.4. The van der Waals surface area contributed by atoms with E-state index in [4.69, 9.17) is 32.7 Å². The van der Waals surface area contributed by atoms with Crippen molar-refractivity contribution < 1.29 is 23.9 Å². The van der Waals surface area contributed by atoms with Gasteiger partial charge in [-0.2, -0.15) is 5.10 Å². The number of benzene rings is 3. The maximum absolute atomic E-state index is 12.4. The maximum Gasteiger partial charge on any atom is 0.343 e. The molecule has 0 spiro atoms. The van der Waals surface area contributed by atoms with Gasteiger partial charge in [-0.05, 0) is 60.5 Å². The summed E-state index contributed by atoms with van der Waals surface area (Å²) >= 11 is 11.8. The van der Waals surface area contributed by atoms with Crippen LogP contribution in [0, 0.1) is 6.92 Å². The zero-order valence-corrected chi connectivity index (χ0v) is 19.6. The van der Waals surface area contributed by atoms with Gasteiger partial charge in [-0.3, -0.25) is 9.59 Å². The minimum atomic E-state index is -0.932. The van der Waals surface area contributed by atoms with Crippen LogP contribution in [-0.2, 0) is 9.59 Å². The predicted octanol–water partition coefficient (Wildman–Crippen LogP) is 4.62.